The predicted octanol–water partition coefficient (Wildman–Crippen LogP) is 14.9. The first kappa shape index (κ1) is 71.9. The Kier molecular flexibility index (Phi) is 49.9. The van der Waals surface area contributed by atoms with E-state index in [2.05, 4.69) is 86.8 Å². The van der Waals surface area contributed by atoms with Crippen LogP contribution in [0, 0.1) is 0 Å². The van der Waals surface area contributed by atoms with Crippen LogP contribution >= 0.6 is 0 Å². The normalized spacial score (nSPS) is 19.6. The Balaban J connectivity index is 2.70. The number of carbonyl (C=O) groups excluding carboxylic acids is 2. The molecule has 0 aromatic rings. The predicted molar refractivity (Wildman–Crippen MR) is 319 cm³/mol. The molecule has 0 bridgehead atoms. The highest BCUT2D eigenvalue weighted by molar-refractivity contribution is 5.80. The molecule has 1 aliphatic heterocycles. The molecule has 11 nitrogen and oxygen atoms in total. The number of unbranched alkanes of at least 4 members (excludes halogenated alkanes) is 26. The summed E-state index contributed by atoms with van der Waals surface area (Å²) >= 11 is 0. The molecule has 444 valence electrons. The first-order valence-corrected chi connectivity index (χ1v) is 31.4. The zero-order valence-electron chi connectivity index (χ0n) is 49.1. The number of aliphatic hydroxyl groups is 5. The molecule has 0 radical (unpaired) electrons. The standard InChI is InChI=1S/C66H115NO10/c1-4-7-10-13-16-19-22-24-26-28-30-32-34-36-39-42-45-48-51-54-61(71)77-64-63(73)62(72)60(55-68)76-66(64)75-56-57(58(69)52-49-46-43-40-37-21-18-15-12-9-6-3)67-65(74)59(70)53-50-47-44-41-38-35-33-31-29-27-25-23-20-17-14-11-8-5-2/h7,10,16,19,24,26,30,32,36,39,45,48-49,52,57-60,62-64,66,68-70,72-73H,4-6,8-9,11-15,17-18,20-23,25,27-29,31,33-35,37-38,40-44,46-47,50-51,53-56H2,1-3H3,(H,67,74)/b10-7-,19-16-,26-24-,32-30-,39-36-,48-45-,52-49+. The van der Waals surface area contributed by atoms with Crippen LogP contribution < -0.4 is 5.32 Å². The van der Waals surface area contributed by atoms with Crippen LogP contribution in [-0.4, -0.2) is 99.6 Å². The van der Waals surface area contributed by atoms with E-state index in [0.29, 0.717) is 19.3 Å². The maximum absolute atomic E-state index is 13.4. The van der Waals surface area contributed by atoms with Crippen LogP contribution in [0.15, 0.2) is 85.1 Å². The van der Waals surface area contributed by atoms with Gasteiger partial charge < -0.3 is 45.1 Å². The molecule has 0 saturated carbocycles. The second-order valence-corrected chi connectivity index (χ2v) is 21.4. The molecule has 0 aliphatic carbocycles. The number of aliphatic hydroxyl groups excluding tert-OH is 5. The maximum atomic E-state index is 13.4. The number of ether oxygens (including phenoxy) is 3. The Morgan fingerprint density at radius 1 is 0.519 bits per heavy atom. The molecule has 1 heterocycles. The van der Waals surface area contributed by atoms with Gasteiger partial charge in [0.2, 0.25) is 5.91 Å². The smallest absolute Gasteiger partial charge is 0.306 e. The lowest BCUT2D eigenvalue weighted by atomic mass is 9.99. The number of rotatable bonds is 52. The van der Waals surface area contributed by atoms with Crippen LogP contribution in [0.1, 0.15) is 258 Å². The van der Waals surface area contributed by atoms with Crippen molar-refractivity contribution < 1.29 is 49.3 Å². The molecular weight excluding hydrogens is 967 g/mol. The van der Waals surface area contributed by atoms with Gasteiger partial charge in [0.1, 0.15) is 24.4 Å². The number of amides is 1. The molecule has 1 rings (SSSR count). The van der Waals surface area contributed by atoms with Gasteiger partial charge in [0, 0.05) is 6.42 Å². The van der Waals surface area contributed by atoms with Crippen molar-refractivity contribution >= 4 is 11.9 Å². The number of nitrogens with one attached hydrogen (secondary N) is 1. The van der Waals surface area contributed by atoms with Gasteiger partial charge in [-0.2, -0.15) is 0 Å². The van der Waals surface area contributed by atoms with Gasteiger partial charge >= 0.3 is 5.97 Å². The zero-order valence-corrected chi connectivity index (χ0v) is 49.1. The Morgan fingerprint density at radius 2 is 0.935 bits per heavy atom. The molecule has 6 N–H and O–H groups in total. The van der Waals surface area contributed by atoms with E-state index in [0.717, 1.165) is 77.0 Å². The van der Waals surface area contributed by atoms with E-state index in [1.165, 1.54) is 128 Å². The summed E-state index contributed by atoms with van der Waals surface area (Å²) in [4.78, 5) is 26.5. The van der Waals surface area contributed by atoms with E-state index in [4.69, 9.17) is 14.2 Å². The van der Waals surface area contributed by atoms with Crippen molar-refractivity contribution in [3.63, 3.8) is 0 Å². The van der Waals surface area contributed by atoms with Gasteiger partial charge in [-0.25, -0.2) is 0 Å². The van der Waals surface area contributed by atoms with Crippen molar-refractivity contribution in [3.05, 3.63) is 85.1 Å². The lowest BCUT2D eigenvalue weighted by Crippen LogP contribution is -2.61. The quantitative estimate of drug-likeness (QED) is 0.0195. The van der Waals surface area contributed by atoms with Gasteiger partial charge in [0.05, 0.1) is 25.4 Å². The second-order valence-electron chi connectivity index (χ2n) is 21.4. The van der Waals surface area contributed by atoms with Crippen LogP contribution in [0.3, 0.4) is 0 Å². The minimum atomic E-state index is -1.65. The third-order valence-corrected chi connectivity index (χ3v) is 14.3. The molecule has 1 aliphatic rings. The summed E-state index contributed by atoms with van der Waals surface area (Å²) in [6, 6.07) is -1.04. The Labute approximate surface area is 470 Å². The average molecular weight is 1080 g/mol. The molecule has 77 heavy (non-hydrogen) atoms. The first-order valence-electron chi connectivity index (χ1n) is 31.4. The van der Waals surface area contributed by atoms with Crippen molar-refractivity contribution in [3.8, 4) is 0 Å². The number of allylic oxidation sites excluding steroid dienone is 13. The van der Waals surface area contributed by atoms with E-state index in [9.17, 15) is 35.1 Å². The van der Waals surface area contributed by atoms with Crippen molar-refractivity contribution in [2.75, 3.05) is 13.2 Å². The lowest BCUT2D eigenvalue weighted by molar-refractivity contribution is -0.305. The molecule has 1 amide bonds. The van der Waals surface area contributed by atoms with Crippen LogP contribution in [0.4, 0.5) is 0 Å². The van der Waals surface area contributed by atoms with E-state index in [-0.39, 0.29) is 19.4 Å². The SMILES string of the molecule is CC/C=C\C/C=C\C/C=C\C/C=C\C/C=C\C/C=C\CCC(=O)OC1C(OCC(NC(=O)C(O)CCCCCCCCCCCCCCCCCCCC)C(O)/C=C/CCCCCCCCCCC)OC(CO)C(O)C1O. The first-order chi connectivity index (χ1) is 37.7. The fourth-order valence-corrected chi connectivity index (χ4v) is 9.38. The Hall–Kier alpha value is -3.16. The molecule has 0 aromatic heterocycles. The summed E-state index contributed by atoms with van der Waals surface area (Å²) in [5, 5.41) is 56.9. The molecule has 0 spiro atoms. The summed E-state index contributed by atoms with van der Waals surface area (Å²) in [5.41, 5.74) is 0. The highest BCUT2D eigenvalue weighted by Crippen LogP contribution is 2.26. The Bertz CT molecular complexity index is 1570. The zero-order chi connectivity index (χ0) is 56.1. The molecule has 1 fully saturated rings. The third kappa shape index (κ3) is 41.5. The summed E-state index contributed by atoms with van der Waals surface area (Å²) in [5.74, 6) is -1.28. The molecule has 11 heteroatoms. The van der Waals surface area contributed by atoms with E-state index >= 15 is 0 Å². The van der Waals surface area contributed by atoms with E-state index in [1.807, 2.05) is 18.2 Å². The molecule has 1 saturated heterocycles. The summed E-state index contributed by atoms with van der Waals surface area (Å²) in [7, 11) is 0. The van der Waals surface area contributed by atoms with Gasteiger partial charge in [0.15, 0.2) is 12.4 Å². The van der Waals surface area contributed by atoms with Crippen LogP contribution in [0.25, 0.3) is 0 Å². The highest BCUT2D eigenvalue weighted by atomic mass is 16.7. The molecule has 8 unspecified atom stereocenters. The number of hydrogen-bond acceptors (Lipinski definition) is 10. The fraction of sp³-hybridized carbons (Fsp3) is 0.758. The summed E-state index contributed by atoms with van der Waals surface area (Å²) < 4.78 is 17.5. The molecule has 8 atom stereocenters. The second kappa shape index (κ2) is 53.5. The average Bonchev–Trinajstić information content (AvgIpc) is 3.43. The number of carbonyl (C=O) groups is 2. The van der Waals surface area contributed by atoms with Crippen molar-refractivity contribution in [1.82, 2.24) is 5.32 Å². The fourth-order valence-electron chi connectivity index (χ4n) is 9.38. The van der Waals surface area contributed by atoms with Gasteiger partial charge in [0.25, 0.3) is 0 Å². The topological polar surface area (TPSA) is 175 Å². The van der Waals surface area contributed by atoms with E-state index < -0.39 is 67.4 Å². The number of hydrogen-bond donors (Lipinski definition) is 6. The Morgan fingerprint density at radius 3 is 1.38 bits per heavy atom. The van der Waals surface area contributed by atoms with Crippen LogP contribution in [0.5, 0.6) is 0 Å². The van der Waals surface area contributed by atoms with Gasteiger partial charge in [-0.3, -0.25) is 9.59 Å². The van der Waals surface area contributed by atoms with Crippen LogP contribution in [-0.2, 0) is 23.8 Å². The van der Waals surface area contributed by atoms with Gasteiger partial charge in [-0.1, -0.05) is 273 Å². The maximum Gasteiger partial charge on any atom is 0.306 e. The van der Waals surface area contributed by atoms with Crippen LogP contribution in [0.2, 0.25) is 0 Å². The van der Waals surface area contributed by atoms with E-state index in [1.54, 1.807) is 6.08 Å². The van der Waals surface area contributed by atoms with Gasteiger partial charge in [-0.15, -0.1) is 0 Å². The molecular formula is C66H115NO10. The largest absolute Gasteiger partial charge is 0.454 e. The third-order valence-electron chi connectivity index (χ3n) is 14.3. The monoisotopic (exact) mass is 1080 g/mol. The minimum absolute atomic E-state index is 0.00383. The van der Waals surface area contributed by atoms with Crippen molar-refractivity contribution in [2.24, 2.45) is 0 Å². The van der Waals surface area contributed by atoms with Crippen molar-refractivity contribution in [1.29, 1.82) is 0 Å². The summed E-state index contributed by atoms with van der Waals surface area (Å²) in [6.07, 6.45) is 59.2. The minimum Gasteiger partial charge on any atom is -0.454 e. The van der Waals surface area contributed by atoms with Gasteiger partial charge in [-0.05, 0) is 64.2 Å². The molecule has 0 aromatic carbocycles. The number of esters is 1. The summed E-state index contributed by atoms with van der Waals surface area (Å²) in [6.45, 7) is 5.64. The lowest BCUT2D eigenvalue weighted by Gasteiger charge is -2.41. The van der Waals surface area contributed by atoms with Crippen molar-refractivity contribution in [2.45, 2.75) is 307 Å². The highest BCUT2D eigenvalue weighted by Gasteiger charge is 2.47.